The standard InChI is InChI=1S/C48H30N4O8/c53-45(54)29-9-1-25(2-10-29)34-24-41-44(28-7-15-32(16-8-28)48(59)60)39-22-21-38(51-39)43(27-5-13-31(14-6-27)47(57)58)37-20-19-36(50-37)42(26-3-11-30(12-4-26)46(55)56)35-18-17-33(49-35)23-40(34)52-41/h1-24,50,52H,(H,53,54)(H,55,56)(H,57,58)(H,59,60). The number of carboxylic acids is 4. The van der Waals surface area contributed by atoms with Crippen LogP contribution in [0.1, 0.15) is 64.2 Å². The van der Waals surface area contributed by atoms with Crippen LogP contribution in [0.5, 0.6) is 0 Å². The molecule has 12 nitrogen and oxygen atoms in total. The fraction of sp³-hybridized carbons (Fsp3) is 0. The molecule has 12 heteroatoms. The minimum Gasteiger partial charge on any atom is -0.478 e. The summed E-state index contributed by atoms with van der Waals surface area (Å²) in [6, 6.07) is 33.6. The van der Waals surface area contributed by atoms with E-state index in [4.69, 9.17) is 9.97 Å². The molecule has 4 aromatic carbocycles. The fourth-order valence-electron chi connectivity index (χ4n) is 7.49. The first kappa shape index (κ1) is 37.0. The molecule has 0 saturated heterocycles. The Hall–Kier alpha value is -8.64. The van der Waals surface area contributed by atoms with E-state index in [1.165, 1.54) is 48.5 Å². The SMILES string of the molecule is O=C(O)c1ccc(-c2cc3[nH]c2cc2nc(c(-c4ccc(C(=O)O)cc4)c4ccc([nH]4)c(-c4ccc(C(=O)O)cc4)c4nc(c3-c3ccc(C(=O)O)cc3)C=C4)C=C2)cc1. The number of H-pyrrole nitrogens is 2. The van der Waals surface area contributed by atoms with E-state index in [1.54, 1.807) is 48.5 Å². The number of carboxylic acid groups (broad SMARTS) is 4. The van der Waals surface area contributed by atoms with E-state index in [0.29, 0.717) is 78.2 Å². The van der Waals surface area contributed by atoms with E-state index in [9.17, 15) is 39.6 Å². The number of aromatic carboxylic acids is 4. The Morgan fingerprint density at radius 1 is 0.367 bits per heavy atom. The van der Waals surface area contributed by atoms with Gasteiger partial charge < -0.3 is 30.4 Å². The summed E-state index contributed by atoms with van der Waals surface area (Å²) >= 11 is 0. The number of benzene rings is 4. The molecule has 3 aromatic heterocycles. The summed E-state index contributed by atoms with van der Waals surface area (Å²) in [4.78, 5) is 64.6. The van der Waals surface area contributed by atoms with Crippen LogP contribution in [-0.2, 0) is 0 Å². The fourth-order valence-corrected chi connectivity index (χ4v) is 7.49. The molecule has 8 bridgehead atoms. The molecule has 7 aromatic rings. The number of fused-ring (bicyclic) bond motifs is 8. The summed E-state index contributed by atoms with van der Waals surface area (Å²) in [5, 5.41) is 38.7. The predicted molar refractivity (Wildman–Crippen MR) is 228 cm³/mol. The zero-order valence-electron chi connectivity index (χ0n) is 31.2. The highest BCUT2D eigenvalue weighted by atomic mass is 16.4. The molecule has 6 N–H and O–H groups in total. The lowest BCUT2D eigenvalue weighted by molar-refractivity contribution is 0.0686. The second-order valence-electron chi connectivity index (χ2n) is 14.1. The third kappa shape index (κ3) is 6.79. The van der Waals surface area contributed by atoms with Gasteiger partial charge in [0.2, 0.25) is 0 Å². The van der Waals surface area contributed by atoms with E-state index >= 15 is 0 Å². The summed E-state index contributed by atoms with van der Waals surface area (Å²) in [5.74, 6) is -4.25. The number of carbonyl (C=O) groups is 4. The number of aromatic amines is 2. The topological polar surface area (TPSA) is 207 Å². The van der Waals surface area contributed by atoms with Crippen molar-refractivity contribution in [2.24, 2.45) is 0 Å². The molecule has 9 rings (SSSR count). The molecule has 0 spiro atoms. The highest BCUT2D eigenvalue weighted by Gasteiger charge is 2.19. The summed E-state index contributed by atoms with van der Waals surface area (Å²) in [7, 11) is 0. The van der Waals surface area contributed by atoms with Crippen LogP contribution in [0.15, 0.2) is 121 Å². The molecule has 0 atom stereocenters. The van der Waals surface area contributed by atoms with Crippen LogP contribution in [-0.4, -0.2) is 64.2 Å². The predicted octanol–water partition coefficient (Wildman–Crippen LogP) is 10.1. The molecule has 0 fully saturated rings. The van der Waals surface area contributed by atoms with Gasteiger partial charge in [-0.3, -0.25) is 0 Å². The zero-order valence-corrected chi connectivity index (χ0v) is 31.2. The van der Waals surface area contributed by atoms with Gasteiger partial charge in [-0.25, -0.2) is 29.1 Å². The Morgan fingerprint density at radius 2 is 0.717 bits per heavy atom. The largest absolute Gasteiger partial charge is 0.478 e. The van der Waals surface area contributed by atoms with Crippen molar-refractivity contribution in [1.29, 1.82) is 0 Å². The molecule has 290 valence electrons. The Labute approximate surface area is 339 Å². The molecule has 60 heavy (non-hydrogen) atoms. The second kappa shape index (κ2) is 14.7. The van der Waals surface area contributed by atoms with Gasteiger partial charge in [-0.05, 0) is 119 Å². The Kier molecular flexibility index (Phi) is 9.06. The molecule has 0 amide bonds. The Balaban J connectivity index is 1.42. The highest BCUT2D eigenvalue weighted by molar-refractivity contribution is 6.01. The van der Waals surface area contributed by atoms with Crippen LogP contribution in [0.4, 0.5) is 0 Å². The molecule has 0 unspecified atom stereocenters. The number of hydrogen-bond donors (Lipinski definition) is 6. The Bertz CT molecular complexity index is 3180. The van der Waals surface area contributed by atoms with E-state index in [-0.39, 0.29) is 22.3 Å². The first-order valence-corrected chi connectivity index (χ1v) is 18.5. The highest BCUT2D eigenvalue weighted by Crippen LogP contribution is 2.38. The smallest absolute Gasteiger partial charge is 0.335 e. The number of nitrogens with one attached hydrogen (secondary N) is 2. The van der Waals surface area contributed by atoms with Gasteiger partial charge in [0, 0.05) is 44.3 Å². The molecule has 0 aliphatic carbocycles. The van der Waals surface area contributed by atoms with Gasteiger partial charge in [0.1, 0.15) is 0 Å². The lowest BCUT2D eigenvalue weighted by Crippen LogP contribution is -1.96. The van der Waals surface area contributed by atoms with Crippen LogP contribution in [0, 0.1) is 0 Å². The third-order valence-electron chi connectivity index (χ3n) is 10.4. The van der Waals surface area contributed by atoms with E-state index in [1.807, 2.05) is 48.6 Å². The van der Waals surface area contributed by atoms with Crippen molar-refractivity contribution in [2.75, 3.05) is 0 Å². The van der Waals surface area contributed by atoms with Gasteiger partial charge in [-0.15, -0.1) is 0 Å². The average molecular weight is 791 g/mol. The molecule has 2 aliphatic heterocycles. The minimum absolute atomic E-state index is 0.110. The van der Waals surface area contributed by atoms with Crippen LogP contribution >= 0.6 is 0 Å². The van der Waals surface area contributed by atoms with Crippen molar-refractivity contribution in [2.45, 2.75) is 0 Å². The second-order valence-corrected chi connectivity index (χ2v) is 14.1. The van der Waals surface area contributed by atoms with Crippen molar-refractivity contribution in [1.82, 2.24) is 19.9 Å². The molecular formula is C48H30N4O8. The number of nitrogens with zero attached hydrogens (tertiary/aromatic N) is 2. The number of hydrogen-bond acceptors (Lipinski definition) is 6. The minimum atomic E-state index is -1.07. The molecule has 0 radical (unpaired) electrons. The van der Waals surface area contributed by atoms with Gasteiger partial charge in [0.25, 0.3) is 0 Å². The first-order valence-electron chi connectivity index (χ1n) is 18.5. The van der Waals surface area contributed by atoms with E-state index in [2.05, 4.69) is 9.97 Å². The van der Waals surface area contributed by atoms with Crippen molar-refractivity contribution in [3.05, 3.63) is 166 Å². The summed E-state index contributed by atoms with van der Waals surface area (Å²) in [6.45, 7) is 0. The van der Waals surface area contributed by atoms with Gasteiger partial charge >= 0.3 is 23.9 Å². The maximum Gasteiger partial charge on any atom is 0.335 e. The van der Waals surface area contributed by atoms with Gasteiger partial charge in [-0.2, -0.15) is 0 Å². The third-order valence-corrected chi connectivity index (χ3v) is 10.4. The quantitative estimate of drug-likeness (QED) is 0.0858. The summed E-state index contributed by atoms with van der Waals surface area (Å²) < 4.78 is 0. The van der Waals surface area contributed by atoms with Crippen molar-refractivity contribution >= 4 is 70.2 Å². The van der Waals surface area contributed by atoms with E-state index in [0.717, 1.165) is 11.1 Å². The van der Waals surface area contributed by atoms with Gasteiger partial charge in [0.15, 0.2) is 0 Å². The van der Waals surface area contributed by atoms with Gasteiger partial charge in [-0.1, -0.05) is 48.5 Å². The van der Waals surface area contributed by atoms with Crippen molar-refractivity contribution < 1.29 is 39.6 Å². The van der Waals surface area contributed by atoms with E-state index < -0.39 is 23.9 Å². The molecule has 0 saturated carbocycles. The summed E-state index contributed by atoms with van der Waals surface area (Å²) in [5.41, 5.74) is 10.9. The monoisotopic (exact) mass is 790 g/mol. The van der Waals surface area contributed by atoms with Crippen molar-refractivity contribution in [3.63, 3.8) is 0 Å². The Morgan fingerprint density at radius 3 is 1.13 bits per heavy atom. The lowest BCUT2D eigenvalue weighted by Gasteiger charge is -2.07. The van der Waals surface area contributed by atoms with Crippen LogP contribution in [0.2, 0.25) is 0 Å². The van der Waals surface area contributed by atoms with Gasteiger partial charge in [0.05, 0.1) is 45.0 Å². The first-order chi connectivity index (χ1) is 29.0. The molecule has 5 heterocycles. The lowest BCUT2D eigenvalue weighted by atomic mass is 10.0. The normalized spacial score (nSPS) is 11.7. The number of aromatic nitrogens is 4. The number of rotatable bonds is 8. The zero-order chi connectivity index (χ0) is 41.7. The van der Waals surface area contributed by atoms with Crippen molar-refractivity contribution in [3.8, 4) is 44.5 Å². The van der Waals surface area contributed by atoms with Crippen LogP contribution < -0.4 is 0 Å². The van der Waals surface area contributed by atoms with Crippen LogP contribution in [0.3, 0.4) is 0 Å². The average Bonchev–Trinajstić information content (AvgIpc) is 4.09. The maximum absolute atomic E-state index is 11.9. The summed E-state index contributed by atoms with van der Waals surface area (Å²) in [6.07, 6.45) is 7.46. The maximum atomic E-state index is 11.9. The van der Waals surface area contributed by atoms with Crippen LogP contribution in [0.25, 0.3) is 90.9 Å². The molecule has 2 aliphatic rings. The molecular weight excluding hydrogens is 761 g/mol.